The first-order valence-electron chi connectivity index (χ1n) is 8.18. The van der Waals surface area contributed by atoms with Gasteiger partial charge in [-0.3, -0.25) is 0 Å². The Morgan fingerprint density at radius 3 is 2.88 bits per heavy atom. The van der Waals surface area contributed by atoms with Gasteiger partial charge in [0.05, 0.1) is 6.61 Å². The van der Waals surface area contributed by atoms with Gasteiger partial charge in [-0.15, -0.1) is 0 Å². The van der Waals surface area contributed by atoms with E-state index in [1.807, 2.05) is 6.07 Å². The number of anilines is 2. The van der Waals surface area contributed by atoms with Crippen LogP contribution in [0.4, 0.5) is 11.8 Å². The maximum Gasteiger partial charge on any atom is 0.341 e. The number of piperidine rings is 1. The standard InChI is InChI=1S/C17H21N5O2/c1-2-24-16(23)14-7-3-8-18-15(14)21-13-6-4-11-22(12-13)17-19-9-5-10-20-17/h3,5,7-10,13H,2,4,6,11-12H2,1H3,(H,18,21)/t13-/m1/s1. The number of pyridine rings is 1. The van der Waals surface area contributed by atoms with Crippen molar-refractivity contribution in [1.82, 2.24) is 15.0 Å². The summed E-state index contributed by atoms with van der Waals surface area (Å²) < 4.78 is 5.10. The second-order valence-electron chi connectivity index (χ2n) is 5.60. The molecule has 24 heavy (non-hydrogen) atoms. The lowest BCUT2D eigenvalue weighted by molar-refractivity contribution is 0.0527. The highest BCUT2D eigenvalue weighted by Gasteiger charge is 2.23. The van der Waals surface area contributed by atoms with Gasteiger partial charge in [-0.05, 0) is 38.0 Å². The van der Waals surface area contributed by atoms with Crippen LogP contribution in [0.25, 0.3) is 0 Å². The van der Waals surface area contributed by atoms with Crippen molar-refractivity contribution in [1.29, 1.82) is 0 Å². The zero-order valence-electron chi connectivity index (χ0n) is 13.7. The molecule has 2 aromatic rings. The van der Waals surface area contributed by atoms with Gasteiger partial charge < -0.3 is 15.0 Å². The number of hydrogen-bond acceptors (Lipinski definition) is 7. The molecule has 0 aliphatic carbocycles. The van der Waals surface area contributed by atoms with Crippen LogP contribution in [0, 0.1) is 0 Å². The molecule has 0 saturated carbocycles. The second-order valence-corrected chi connectivity index (χ2v) is 5.60. The number of aromatic nitrogens is 3. The maximum atomic E-state index is 12.1. The van der Waals surface area contributed by atoms with E-state index < -0.39 is 0 Å². The van der Waals surface area contributed by atoms with Crippen molar-refractivity contribution >= 4 is 17.7 Å². The Balaban J connectivity index is 1.71. The number of esters is 1. The van der Waals surface area contributed by atoms with E-state index in [0.717, 1.165) is 31.9 Å². The molecular formula is C17H21N5O2. The number of carbonyl (C=O) groups is 1. The van der Waals surface area contributed by atoms with Crippen molar-refractivity contribution in [2.75, 3.05) is 29.9 Å². The first kappa shape index (κ1) is 16.2. The molecule has 2 aromatic heterocycles. The molecule has 1 aliphatic rings. The lowest BCUT2D eigenvalue weighted by Gasteiger charge is -2.33. The molecule has 0 spiro atoms. The number of nitrogens with one attached hydrogen (secondary N) is 1. The summed E-state index contributed by atoms with van der Waals surface area (Å²) in [6.45, 7) is 3.83. The molecule has 0 radical (unpaired) electrons. The van der Waals surface area contributed by atoms with Crippen LogP contribution in [0.1, 0.15) is 30.1 Å². The van der Waals surface area contributed by atoms with E-state index in [-0.39, 0.29) is 12.0 Å². The molecule has 3 rings (SSSR count). The van der Waals surface area contributed by atoms with Gasteiger partial charge in [-0.1, -0.05) is 0 Å². The van der Waals surface area contributed by atoms with Gasteiger partial charge >= 0.3 is 5.97 Å². The summed E-state index contributed by atoms with van der Waals surface area (Å²) in [6, 6.07) is 5.45. The fraction of sp³-hybridized carbons (Fsp3) is 0.412. The van der Waals surface area contributed by atoms with E-state index in [1.165, 1.54) is 0 Å². The van der Waals surface area contributed by atoms with E-state index >= 15 is 0 Å². The highest BCUT2D eigenvalue weighted by molar-refractivity contribution is 5.94. The van der Waals surface area contributed by atoms with E-state index in [2.05, 4.69) is 25.2 Å². The number of carbonyl (C=O) groups excluding carboxylic acids is 1. The van der Waals surface area contributed by atoms with Crippen LogP contribution >= 0.6 is 0 Å². The number of rotatable bonds is 5. The second kappa shape index (κ2) is 7.72. The maximum absolute atomic E-state index is 12.1. The van der Waals surface area contributed by atoms with Crippen molar-refractivity contribution in [3.63, 3.8) is 0 Å². The highest BCUT2D eigenvalue weighted by Crippen LogP contribution is 2.20. The van der Waals surface area contributed by atoms with Crippen molar-refractivity contribution < 1.29 is 9.53 Å². The Kier molecular flexibility index (Phi) is 5.20. The third-order valence-electron chi connectivity index (χ3n) is 3.90. The third-order valence-corrected chi connectivity index (χ3v) is 3.90. The van der Waals surface area contributed by atoms with Crippen LogP contribution in [0.15, 0.2) is 36.8 Å². The predicted octanol–water partition coefficient (Wildman–Crippen LogP) is 2.13. The number of nitrogens with zero attached hydrogens (tertiary/aromatic N) is 4. The van der Waals surface area contributed by atoms with Gasteiger partial charge in [0.1, 0.15) is 11.4 Å². The quantitative estimate of drug-likeness (QED) is 0.843. The Bertz CT molecular complexity index is 680. The SMILES string of the molecule is CCOC(=O)c1cccnc1N[C@@H]1CCCN(c2ncccn2)C1. The lowest BCUT2D eigenvalue weighted by atomic mass is 10.1. The van der Waals surface area contributed by atoms with Gasteiger partial charge in [-0.25, -0.2) is 19.7 Å². The number of hydrogen-bond donors (Lipinski definition) is 1. The summed E-state index contributed by atoms with van der Waals surface area (Å²) in [7, 11) is 0. The zero-order valence-corrected chi connectivity index (χ0v) is 13.7. The molecule has 0 unspecified atom stereocenters. The summed E-state index contributed by atoms with van der Waals surface area (Å²) in [5.41, 5.74) is 0.465. The Labute approximate surface area is 141 Å². The van der Waals surface area contributed by atoms with Crippen LogP contribution in [0.3, 0.4) is 0 Å². The summed E-state index contributed by atoms with van der Waals surface area (Å²) >= 11 is 0. The Morgan fingerprint density at radius 2 is 2.08 bits per heavy atom. The summed E-state index contributed by atoms with van der Waals surface area (Å²) in [5, 5.41) is 3.38. The Morgan fingerprint density at radius 1 is 1.29 bits per heavy atom. The zero-order chi connectivity index (χ0) is 16.8. The fourth-order valence-corrected chi connectivity index (χ4v) is 2.82. The Hall–Kier alpha value is -2.70. The molecule has 126 valence electrons. The molecule has 7 nitrogen and oxygen atoms in total. The first-order chi connectivity index (χ1) is 11.8. The minimum atomic E-state index is -0.354. The molecule has 1 atom stereocenters. The van der Waals surface area contributed by atoms with E-state index in [4.69, 9.17) is 4.74 Å². The average molecular weight is 327 g/mol. The summed E-state index contributed by atoms with van der Waals surface area (Å²) in [4.78, 5) is 27.1. The van der Waals surface area contributed by atoms with Crippen LogP contribution in [0.5, 0.6) is 0 Å². The van der Waals surface area contributed by atoms with Gasteiger partial charge in [0.2, 0.25) is 5.95 Å². The van der Waals surface area contributed by atoms with Crippen LogP contribution in [-0.4, -0.2) is 46.7 Å². The van der Waals surface area contributed by atoms with Gasteiger partial charge in [0, 0.05) is 37.7 Å². The predicted molar refractivity (Wildman–Crippen MR) is 91.1 cm³/mol. The smallest absolute Gasteiger partial charge is 0.341 e. The van der Waals surface area contributed by atoms with Gasteiger partial charge in [0.25, 0.3) is 0 Å². The molecule has 0 bridgehead atoms. The molecule has 1 aliphatic heterocycles. The highest BCUT2D eigenvalue weighted by atomic mass is 16.5. The van der Waals surface area contributed by atoms with E-state index in [9.17, 15) is 4.79 Å². The monoisotopic (exact) mass is 327 g/mol. The fourth-order valence-electron chi connectivity index (χ4n) is 2.82. The van der Waals surface area contributed by atoms with Crippen LogP contribution in [0.2, 0.25) is 0 Å². The number of ether oxygens (including phenoxy) is 1. The molecular weight excluding hydrogens is 306 g/mol. The van der Waals surface area contributed by atoms with Gasteiger partial charge in [0.15, 0.2) is 0 Å². The molecule has 1 fully saturated rings. The van der Waals surface area contributed by atoms with Crippen LogP contribution < -0.4 is 10.2 Å². The van der Waals surface area contributed by atoms with Crippen molar-refractivity contribution in [3.05, 3.63) is 42.4 Å². The molecule has 7 heteroatoms. The topological polar surface area (TPSA) is 80.2 Å². The average Bonchev–Trinajstić information content (AvgIpc) is 2.63. The summed E-state index contributed by atoms with van der Waals surface area (Å²) in [6.07, 6.45) is 7.19. The van der Waals surface area contributed by atoms with E-state index in [1.54, 1.807) is 37.6 Å². The normalized spacial score (nSPS) is 17.4. The molecule has 1 N–H and O–H groups in total. The molecule has 0 aromatic carbocycles. The molecule has 1 saturated heterocycles. The van der Waals surface area contributed by atoms with E-state index in [0.29, 0.717) is 18.0 Å². The summed E-state index contributed by atoms with van der Waals surface area (Å²) in [5.74, 6) is 0.944. The molecule has 3 heterocycles. The lowest BCUT2D eigenvalue weighted by Crippen LogP contribution is -2.43. The molecule has 0 amide bonds. The van der Waals surface area contributed by atoms with Crippen LogP contribution in [-0.2, 0) is 4.74 Å². The largest absolute Gasteiger partial charge is 0.462 e. The van der Waals surface area contributed by atoms with Gasteiger partial charge in [-0.2, -0.15) is 0 Å². The first-order valence-corrected chi connectivity index (χ1v) is 8.18. The van der Waals surface area contributed by atoms with Crippen molar-refractivity contribution in [2.24, 2.45) is 0 Å². The van der Waals surface area contributed by atoms with Crippen molar-refractivity contribution in [3.8, 4) is 0 Å². The third kappa shape index (κ3) is 3.79. The minimum absolute atomic E-state index is 0.172. The van der Waals surface area contributed by atoms with Crippen molar-refractivity contribution in [2.45, 2.75) is 25.8 Å². The minimum Gasteiger partial charge on any atom is -0.462 e.